The van der Waals surface area contributed by atoms with Crippen molar-refractivity contribution in [2.75, 3.05) is 37.7 Å². The minimum atomic E-state index is -0.916. The van der Waals surface area contributed by atoms with E-state index in [1.165, 1.54) is 21.8 Å². The van der Waals surface area contributed by atoms with E-state index in [9.17, 15) is 9.59 Å². The lowest BCUT2D eigenvalue weighted by Crippen LogP contribution is -2.48. The van der Waals surface area contributed by atoms with Crippen LogP contribution >= 0.6 is 0 Å². The van der Waals surface area contributed by atoms with Crippen molar-refractivity contribution in [1.29, 1.82) is 0 Å². The van der Waals surface area contributed by atoms with E-state index in [2.05, 4.69) is 15.1 Å². The average Bonchev–Trinajstić information content (AvgIpc) is 3.67. The fourth-order valence-corrected chi connectivity index (χ4v) is 5.37. The number of hydrogen-bond acceptors (Lipinski definition) is 7. The highest BCUT2D eigenvalue weighted by Gasteiger charge is 2.32. The summed E-state index contributed by atoms with van der Waals surface area (Å²) in [5.41, 5.74) is 3.29. The number of nitrogens with zero attached hydrogens (tertiary/aromatic N) is 7. The molecule has 11 nitrogen and oxygen atoms in total. The fourth-order valence-electron chi connectivity index (χ4n) is 5.37. The number of aromatic nitrogens is 5. The summed E-state index contributed by atoms with van der Waals surface area (Å²) in [4.78, 5) is 36.6. The number of anilines is 1. The Morgan fingerprint density at radius 3 is 2.64 bits per heavy atom. The summed E-state index contributed by atoms with van der Waals surface area (Å²) < 4.78 is 24.2. The Hall–Kier alpha value is -4.48. The molecule has 12 heteroatoms. The summed E-state index contributed by atoms with van der Waals surface area (Å²) >= 11 is 0. The van der Waals surface area contributed by atoms with Gasteiger partial charge in [0.1, 0.15) is 11.6 Å². The van der Waals surface area contributed by atoms with Gasteiger partial charge in [-0.05, 0) is 49.6 Å². The van der Waals surface area contributed by atoms with Gasteiger partial charge in [-0.1, -0.05) is 0 Å². The maximum atomic E-state index is 15.3. The van der Waals surface area contributed by atoms with Crippen LogP contribution in [0.15, 0.2) is 43.0 Å². The zero-order chi connectivity index (χ0) is 27.1. The largest absolute Gasteiger partial charge is 0.465 e. The second-order valence-electron chi connectivity index (χ2n) is 9.69. The maximum absolute atomic E-state index is 15.3. The molecule has 0 spiro atoms. The van der Waals surface area contributed by atoms with Gasteiger partial charge in [-0.15, -0.1) is 0 Å². The van der Waals surface area contributed by atoms with E-state index in [1.54, 1.807) is 25.5 Å². The highest BCUT2D eigenvalue weighted by molar-refractivity contribution is 5.86. The molecule has 3 aromatic heterocycles. The van der Waals surface area contributed by atoms with Crippen molar-refractivity contribution < 1.29 is 23.8 Å². The molecule has 2 aliphatic heterocycles. The first-order valence-corrected chi connectivity index (χ1v) is 13.0. The first-order valence-electron chi connectivity index (χ1n) is 13.0. The molecule has 0 bridgehead atoms. The summed E-state index contributed by atoms with van der Waals surface area (Å²) in [6.45, 7) is 4.74. The van der Waals surface area contributed by atoms with E-state index in [0.717, 1.165) is 30.9 Å². The molecule has 1 N–H and O–H groups in total. The number of benzene rings is 1. The molecule has 1 fully saturated rings. The number of amides is 1. The number of fused-ring (bicyclic) bond motifs is 2. The van der Waals surface area contributed by atoms with E-state index in [1.807, 2.05) is 21.6 Å². The molecule has 202 valence electrons. The zero-order valence-corrected chi connectivity index (χ0v) is 21.5. The number of carbonyl (C=O) groups is 2. The van der Waals surface area contributed by atoms with Crippen LogP contribution in [0.5, 0.6) is 0 Å². The van der Waals surface area contributed by atoms with E-state index in [4.69, 9.17) is 9.84 Å². The fraction of sp³-hybridized carbons (Fsp3) is 0.370. The van der Waals surface area contributed by atoms with Gasteiger partial charge in [0.05, 0.1) is 29.5 Å². The molecule has 1 unspecified atom stereocenters. The number of halogens is 1. The topological polar surface area (TPSA) is 119 Å². The second kappa shape index (κ2) is 10.0. The Kier molecular flexibility index (Phi) is 6.37. The summed E-state index contributed by atoms with van der Waals surface area (Å²) in [5, 5.41) is 14.0. The molecule has 6 rings (SSSR count). The van der Waals surface area contributed by atoms with Gasteiger partial charge in [0.25, 0.3) is 0 Å². The van der Waals surface area contributed by atoms with Crippen LogP contribution in [0.4, 0.5) is 15.0 Å². The molecule has 1 amide bonds. The Morgan fingerprint density at radius 1 is 1.10 bits per heavy atom. The number of ether oxygens (including phenoxy) is 1. The molecule has 39 heavy (non-hydrogen) atoms. The van der Waals surface area contributed by atoms with Gasteiger partial charge < -0.3 is 24.2 Å². The molecule has 1 aromatic carbocycles. The van der Waals surface area contributed by atoms with Crippen LogP contribution in [0, 0.1) is 5.82 Å². The van der Waals surface area contributed by atoms with Crippen molar-refractivity contribution in [3.63, 3.8) is 0 Å². The van der Waals surface area contributed by atoms with Crippen LogP contribution in [0.2, 0.25) is 0 Å². The number of hydrogen-bond donors (Lipinski definition) is 1. The third-order valence-electron chi connectivity index (χ3n) is 7.37. The minimum absolute atomic E-state index is 0.211. The van der Waals surface area contributed by atoms with Gasteiger partial charge in [-0.25, -0.2) is 23.9 Å². The van der Waals surface area contributed by atoms with Crippen molar-refractivity contribution in [3.05, 3.63) is 60.2 Å². The number of carboxylic acid groups (broad SMARTS) is 1. The highest BCUT2D eigenvalue weighted by atomic mass is 19.1. The Morgan fingerprint density at radius 2 is 1.92 bits per heavy atom. The van der Waals surface area contributed by atoms with Crippen LogP contribution in [0.1, 0.15) is 30.8 Å². The van der Waals surface area contributed by atoms with E-state index in [-0.39, 0.29) is 6.61 Å². The van der Waals surface area contributed by atoms with E-state index in [0.29, 0.717) is 53.9 Å². The Balaban J connectivity index is 1.29. The molecular formula is C27H28FN7O4. The Bertz CT molecular complexity index is 1540. The normalized spacial score (nSPS) is 15.9. The van der Waals surface area contributed by atoms with Crippen molar-refractivity contribution in [2.45, 2.75) is 32.4 Å². The lowest BCUT2D eigenvalue weighted by atomic mass is 10.1. The number of piperazine rings is 1. The van der Waals surface area contributed by atoms with Gasteiger partial charge in [0.15, 0.2) is 6.04 Å². The van der Waals surface area contributed by atoms with E-state index < -0.39 is 23.9 Å². The molecule has 4 aromatic rings. The number of imidazole rings is 1. The third kappa shape index (κ3) is 4.55. The van der Waals surface area contributed by atoms with Gasteiger partial charge in [0.2, 0.25) is 0 Å². The molecule has 0 saturated carbocycles. The summed E-state index contributed by atoms with van der Waals surface area (Å²) in [6, 6.07) is 6.01. The van der Waals surface area contributed by atoms with Crippen LogP contribution in [0.25, 0.3) is 22.0 Å². The summed E-state index contributed by atoms with van der Waals surface area (Å²) in [6.07, 6.45) is 5.81. The standard InChI is InChI=1S/C27H28FN7O4/c1-2-39-26(36)25(24-22-4-3-7-34(22)16-30-24)35-15-19-20(28)12-18(13-21(19)31-35)17-5-6-23(29-14-17)32-8-10-33(11-9-32)27(37)38/h5-6,12-16,25H,2-4,7-11H2,1H3,(H,37,38). The summed E-state index contributed by atoms with van der Waals surface area (Å²) in [5.74, 6) is -0.205. The second-order valence-corrected chi connectivity index (χ2v) is 9.69. The molecule has 0 radical (unpaired) electrons. The number of aryl methyl sites for hydroxylation is 1. The first kappa shape index (κ1) is 24.8. The molecule has 2 aliphatic rings. The third-order valence-corrected chi connectivity index (χ3v) is 7.37. The van der Waals surface area contributed by atoms with Gasteiger partial charge in [-0.3, -0.25) is 4.68 Å². The first-order chi connectivity index (χ1) is 18.9. The van der Waals surface area contributed by atoms with Crippen LogP contribution in [-0.2, 0) is 22.5 Å². The van der Waals surface area contributed by atoms with Crippen molar-refractivity contribution in [1.82, 2.24) is 29.2 Å². The van der Waals surface area contributed by atoms with Crippen LogP contribution in [-0.4, -0.2) is 79.2 Å². The highest BCUT2D eigenvalue weighted by Crippen LogP contribution is 2.31. The smallest absolute Gasteiger partial charge is 0.407 e. The van der Waals surface area contributed by atoms with Crippen molar-refractivity contribution in [3.8, 4) is 11.1 Å². The van der Waals surface area contributed by atoms with Crippen LogP contribution in [0.3, 0.4) is 0 Å². The SMILES string of the molecule is CCOC(=O)C(c1ncn2c1CCC2)n1cc2c(F)cc(-c3ccc(N4CCN(C(=O)O)CC4)nc3)cc2n1. The number of rotatable bonds is 6. The molecule has 1 saturated heterocycles. The van der Waals surface area contributed by atoms with Gasteiger partial charge in [0, 0.05) is 56.4 Å². The van der Waals surface area contributed by atoms with Crippen molar-refractivity contribution >= 4 is 28.8 Å². The zero-order valence-electron chi connectivity index (χ0n) is 21.5. The molecular weight excluding hydrogens is 505 g/mol. The minimum Gasteiger partial charge on any atom is -0.465 e. The average molecular weight is 534 g/mol. The Labute approximate surface area is 223 Å². The maximum Gasteiger partial charge on any atom is 0.407 e. The molecule has 0 aliphatic carbocycles. The molecule has 1 atom stereocenters. The monoisotopic (exact) mass is 533 g/mol. The predicted molar refractivity (Wildman–Crippen MR) is 140 cm³/mol. The number of pyridine rings is 1. The predicted octanol–water partition coefficient (Wildman–Crippen LogP) is 3.33. The van der Waals surface area contributed by atoms with Crippen molar-refractivity contribution in [2.24, 2.45) is 0 Å². The lowest BCUT2D eigenvalue weighted by Gasteiger charge is -2.33. The quantitative estimate of drug-likeness (QED) is 0.375. The lowest BCUT2D eigenvalue weighted by molar-refractivity contribution is -0.146. The van der Waals surface area contributed by atoms with E-state index >= 15 is 4.39 Å². The summed E-state index contributed by atoms with van der Waals surface area (Å²) in [7, 11) is 0. The number of carbonyl (C=O) groups excluding carboxylic acids is 1. The van der Waals surface area contributed by atoms with Gasteiger partial charge in [-0.2, -0.15) is 5.10 Å². The molecule has 5 heterocycles. The van der Waals surface area contributed by atoms with Gasteiger partial charge >= 0.3 is 12.1 Å². The number of esters is 1. The van der Waals surface area contributed by atoms with Crippen LogP contribution < -0.4 is 4.90 Å².